The summed E-state index contributed by atoms with van der Waals surface area (Å²) in [5.74, 6) is 0. The van der Waals surface area contributed by atoms with E-state index in [0.717, 1.165) is 25.7 Å². The van der Waals surface area contributed by atoms with Crippen LogP contribution in [0.3, 0.4) is 0 Å². The third kappa shape index (κ3) is 6.56. The monoisotopic (exact) mass is 1060 g/mol. The Bertz CT molecular complexity index is 4290. The lowest BCUT2D eigenvalue weighted by molar-refractivity contribution is 0.195. The van der Waals surface area contributed by atoms with E-state index in [4.69, 9.17) is 0 Å². The molecular weight excluding hydrogens is 986 g/mol. The van der Waals surface area contributed by atoms with Crippen LogP contribution < -0.4 is 31.1 Å². The Morgan fingerprint density at radius 2 is 1.14 bits per heavy atom. The fourth-order valence-electron chi connectivity index (χ4n) is 16.5. The number of benzene rings is 9. The van der Waals surface area contributed by atoms with Crippen molar-refractivity contribution in [1.82, 2.24) is 0 Å². The minimum absolute atomic E-state index is 0.00102. The molecule has 80 heavy (non-hydrogen) atoms. The van der Waals surface area contributed by atoms with Crippen LogP contribution in [0.25, 0.3) is 42.4 Å². The molecule has 6 aliphatic rings. The average molecular weight is 1060 g/mol. The summed E-state index contributed by atoms with van der Waals surface area (Å²) in [5, 5.41) is 2.65. The summed E-state index contributed by atoms with van der Waals surface area (Å²) in [7, 11) is 0. The first-order chi connectivity index (χ1) is 38.5. The Kier molecular flexibility index (Phi) is 10.1. The van der Waals surface area contributed by atoms with E-state index < -0.39 is 0 Å². The molecule has 0 N–H and O–H groups in total. The molecular formula is C75H70BN3S. The molecule has 16 rings (SSSR count). The molecule has 3 aliphatic heterocycles. The normalized spacial score (nSPS) is 20.7. The highest BCUT2D eigenvalue weighted by Gasteiger charge is 2.58. The van der Waals surface area contributed by atoms with Crippen molar-refractivity contribution in [3.05, 3.63) is 209 Å². The van der Waals surface area contributed by atoms with Crippen molar-refractivity contribution in [2.45, 2.75) is 134 Å². The fraction of sp³-hybridized carbons (Fsp3) is 0.280. The largest absolute Gasteiger partial charge is 0.334 e. The van der Waals surface area contributed by atoms with Gasteiger partial charge in [-0.1, -0.05) is 190 Å². The SMILES string of the molecule is CC(C)(C)c1ccc(N2c3cc(N4c5ccccc5C5(C)CCCCC45C)cc4c3B(c3cc5c(cc3N4c3cccc4c3sc3ccccc34)C(C)(C)CCC5(C)C)c3c2ccc2c3Cc3ccccc3-2)c(-c2ccccc2)c1. The van der Waals surface area contributed by atoms with E-state index in [2.05, 4.69) is 253 Å². The van der Waals surface area contributed by atoms with E-state index in [-0.39, 0.29) is 33.9 Å². The van der Waals surface area contributed by atoms with Gasteiger partial charge in [-0.2, -0.15) is 0 Å². The molecule has 10 aromatic rings. The van der Waals surface area contributed by atoms with Gasteiger partial charge < -0.3 is 14.7 Å². The van der Waals surface area contributed by atoms with Crippen LogP contribution >= 0.6 is 11.3 Å². The quantitative estimate of drug-likeness (QED) is 0.163. The van der Waals surface area contributed by atoms with E-state index in [9.17, 15) is 0 Å². The topological polar surface area (TPSA) is 9.72 Å². The highest BCUT2D eigenvalue weighted by atomic mass is 32.1. The first-order valence-corrected chi connectivity index (χ1v) is 30.6. The molecule has 1 aromatic heterocycles. The van der Waals surface area contributed by atoms with Crippen LogP contribution in [0.15, 0.2) is 176 Å². The lowest BCUT2D eigenvalue weighted by Crippen LogP contribution is -2.63. The summed E-state index contributed by atoms with van der Waals surface area (Å²) in [6.45, 7) is 22.3. The second kappa shape index (κ2) is 16.6. The van der Waals surface area contributed by atoms with Crippen LogP contribution in [0.5, 0.6) is 0 Å². The van der Waals surface area contributed by atoms with Gasteiger partial charge in [-0.25, -0.2) is 0 Å². The van der Waals surface area contributed by atoms with Crippen LogP contribution in [0, 0.1) is 0 Å². The molecule has 3 nitrogen and oxygen atoms in total. The molecule has 2 unspecified atom stereocenters. The first kappa shape index (κ1) is 48.6. The predicted molar refractivity (Wildman–Crippen MR) is 344 cm³/mol. The molecule has 4 heterocycles. The fourth-order valence-corrected chi connectivity index (χ4v) is 17.7. The van der Waals surface area contributed by atoms with Gasteiger partial charge in [0.2, 0.25) is 0 Å². The summed E-state index contributed by atoms with van der Waals surface area (Å²) in [5.41, 5.74) is 28.3. The van der Waals surface area contributed by atoms with Gasteiger partial charge in [-0.15, -0.1) is 11.3 Å². The number of thiophene rings is 1. The van der Waals surface area contributed by atoms with Crippen LogP contribution in [0.2, 0.25) is 0 Å². The Labute approximate surface area is 478 Å². The number of hydrogen-bond acceptors (Lipinski definition) is 4. The Balaban J connectivity index is 1.09. The maximum Gasteiger partial charge on any atom is 0.252 e. The van der Waals surface area contributed by atoms with Crippen molar-refractivity contribution < 1.29 is 0 Å². The lowest BCUT2D eigenvalue weighted by atomic mass is 9.32. The Hall–Kier alpha value is -7.34. The van der Waals surface area contributed by atoms with Gasteiger partial charge in [0.1, 0.15) is 0 Å². The minimum atomic E-state index is -0.152. The summed E-state index contributed by atoms with van der Waals surface area (Å²) in [6.07, 6.45) is 7.98. The zero-order valence-electron chi connectivity index (χ0n) is 48.0. The van der Waals surface area contributed by atoms with Gasteiger partial charge >= 0.3 is 0 Å². The van der Waals surface area contributed by atoms with Gasteiger partial charge in [0.05, 0.1) is 21.6 Å². The maximum absolute atomic E-state index is 2.84. The second-order valence-corrected chi connectivity index (χ2v) is 28.4. The molecule has 0 saturated heterocycles. The molecule has 2 atom stereocenters. The molecule has 0 spiro atoms. The van der Waals surface area contributed by atoms with E-state index in [1.807, 2.05) is 11.3 Å². The van der Waals surface area contributed by atoms with E-state index in [0.29, 0.717) is 0 Å². The number of rotatable bonds is 4. The zero-order chi connectivity index (χ0) is 54.4. The van der Waals surface area contributed by atoms with Crippen molar-refractivity contribution in [3.63, 3.8) is 0 Å². The molecule has 1 fully saturated rings. The maximum atomic E-state index is 2.84. The minimum Gasteiger partial charge on any atom is -0.334 e. The smallest absolute Gasteiger partial charge is 0.252 e. The van der Waals surface area contributed by atoms with Crippen LogP contribution in [-0.4, -0.2) is 12.3 Å². The second-order valence-electron chi connectivity index (χ2n) is 27.3. The van der Waals surface area contributed by atoms with Crippen LogP contribution in [-0.2, 0) is 28.1 Å². The van der Waals surface area contributed by atoms with Crippen molar-refractivity contribution in [2.75, 3.05) is 14.7 Å². The van der Waals surface area contributed by atoms with Crippen LogP contribution in [0.4, 0.5) is 45.5 Å². The average Bonchev–Trinajstić information content (AvgIpc) is 3.72. The highest BCUT2D eigenvalue weighted by molar-refractivity contribution is 7.26. The lowest BCUT2D eigenvalue weighted by Gasteiger charge is -2.51. The molecule has 0 bridgehead atoms. The Morgan fingerprint density at radius 1 is 0.475 bits per heavy atom. The Morgan fingerprint density at radius 3 is 1.94 bits per heavy atom. The number of para-hydroxylation sites is 1. The van der Waals surface area contributed by atoms with Gasteiger partial charge in [-0.3, -0.25) is 0 Å². The standard InChI is InChI=1S/C75H70BN3S/c1-71(2,3)48-32-34-60(54(41-48)46-22-11-10-12-23-46)77-62-35-33-51-50-25-14-13-24-47(50)40-55(51)68(62)76-59-44-57-58(73(6,7)39-38-72(57,4)5)45-64(59)78(63-30-21-27-53-52-26-15-18-31-67(52)80-70(53)63)66-43-49(42-65(77)69(66)76)79-61-29-17-16-28-56(61)74(8)36-19-20-37-75(74,79)9/h10-18,21-35,41-45H,19-20,36-40H2,1-9H3. The summed E-state index contributed by atoms with van der Waals surface area (Å²) >= 11 is 1.95. The van der Waals surface area contributed by atoms with Gasteiger partial charge in [0, 0.05) is 60.6 Å². The third-order valence-corrected chi connectivity index (χ3v) is 22.3. The van der Waals surface area contributed by atoms with Crippen molar-refractivity contribution >= 4 is 100 Å². The zero-order valence-corrected chi connectivity index (χ0v) is 48.8. The predicted octanol–water partition coefficient (Wildman–Crippen LogP) is 18.8. The van der Waals surface area contributed by atoms with Crippen molar-refractivity contribution in [3.8, 4) is 22.3 Å². The number of hydrogen-bond donors (Lipinski definition) is 0. The summed E-state index contributed by atoms with van der Waals surface area (Å²) < 4.78 is 2.66. The molecule has 0 radical (unpaired) electrons. The summed E-state index contributed by atoms with van der Waals surface area (Å²) in [4.78, 5) is 8.38. The van der Waals surface area contributed by atoms with Gasteiger partial charge in [0.15, 0.2) is 0 Å². The van der Waals surface area contributed by atoms with Gasteiger partial charge in [-0.05, 0) is 176 Å². The molecule has 5 heteroatoms. The number of anilines is 8. The molecule has 9 aromatic carbocycles. The third-order valence-electron chi connectivity index (χ3n) is 21.1. The molecule has 394 valence electrons. The molecule has 3 aliphatic carbocycles. The van der Waals surface area contributed by atoms with Crippen molar-refractivity contribution in [1.29, 1.82) is 0 Å². The van der Waals surface area contributed by atoms with Crippen LogP contribution in [0.1, 0.15) is 134 Å². The van der Waals surface area contributed by atoms with Gasteiger partial charge in [0.25, 0.3) is 6.71 Å². The highest BCUT2D eigenvalue weighted by Crippen LogP contribution is 2.63. The van der Waals surface area contributed by atoms with E-state index >= 15 is 0 Å². The summed E-state index contributed by atoms with van der Waals surface area (Å²) in [6, 6.07) is 69.4. The van der Waals surface area contributed by atoms with E-state index in [1.54, 1.807) is 0 Å². The number of fused-ring (bicyclic) bond motifs is 15. The molecule has 0 amide bonds. The van der Waals surface area contributed by atoms with E-state index in [1.165, 1.54) is 157 Å². The molecule has 1 saturated carbocycles. The van der Waals surface area contributed by atoms with Crippen molar-refractivity contribution in [2.24, 2.45) is 0 Å². The number of nitrogens with zero attached hydrogens (tertiary/aromatic N) is 3. The first-order valence-electron chi connectivity index (χ1n) is 29.8.